The van der Waals surface area contributed by atoms with E-state index in [2.05, 4.69) is 11.7 Å². The van der Waals surface area contributed by atoms with Crippen LogP contribution in [0.2, 0.25) is 0 Å². The van der Waals surface area contributed by atoms with Crippen LogP contribution in [-0.2, 0) is 9.53 Å². The molecule has 0 aliphatic heterocycles. The van der Waals surface area contributed by atoms with Gasteiger partial charge in [-0.25, -0.2) is 0 Å². The highest BCUT2D eigenvalue weighted by atomic mass is 24.3. The zero-order valence-corrected chi connectivity index (χ0v) is 19.9. The molecule has 0 heterocycles. The lowest BCUT2D eigenvalue weighted by Gasteiger charge is -2.28. The molecule has 8 nitrogen and oxygen atoms in total. The molecular formula is C24H50MgO8. The van der Waals surface area contributed by atoms with Gasteiger partial charge in [-0.15, -0.1) is 0 Å². The molecule has 0 spiro atoms. The molecule has 9 heteroatoms. The maximum absolute atomic E-state index is 11.7. The van der Waals surface area contributed by atoms with Crippen LogP contribution in [0, 0.1) is 0 Å². The molecule has 0 saturated heterocycles. The molecule has 0 fully saturated rings. The maximum Gasteiger partial charge on any atom is 0.316 e. The van der Waals surface area contributed by atoms with Gasteiger partial charge < -0.3 is 35.4 Å². The molecule has 0 radical (unpaired) electrons. The van der Waals surface area contributed by atoms with E-state index in [1.54, 1.807) is 0 Å². The fraction of sp³-hybridized carbons (Fsp3) is 0.958. The van der Waals surface area contributed by atoms with Crippen LogP contribution in [0.25, 0.3) is 0 Å². The first kappa shape index (κ1) is 35.2. The minimum atomic E-state index is -2.03. The highest BCUT2D eigenvalue weighted by Gasteiger charge is 2.35. The second kappa shape index (κ2) is 23.7. The Labute approximate surface area is 215 Å². The minimum Gasteiger partial charge on any atom is -0.433 e. The number of esters is 1. The third kappa shape index (κ3) is 18.9. The van der Waals surface area contributed by atoms with Crippen molar-refractivity contribution in [3.63, 3.8) is 0 Å². The van der Waals surface area contributed by atoms with Crippen molar-refractivity contribution in [3.8, 4) is 0 Å². The second-order valence-corrected chi connectivity index (χ2v) is 8.80. The zero-order chi connectivity index (χ0) is 24.2. The summed E-state index contributed by atoms with van der Waals surface area (Å²) in [5.41, 5.74) is 0. The topological polar surface area (TPSA) is 148 Å². The molecule has 0 saturated carbocycles. The smallest absolute Gasteiger partial charge is 0.316 e. The van der Waals surface area contributed by atoms with E-state index >= 15 is 0 Å². The van der Waals surface area contributed by atoms with Crippen molar-refractivity contribution in [1.82, 2.24) is 0 Å². The van der Waals surface area contributed by atoms with Crippen molar-refractivity contribution < 1.29 is 40.2 Å². The van der Waals surface area contributed by atoms with E-state index in [1.165, 1.54) is 70.6 Å². The first-order valence-corrected chi connectivity index (χ1v) is 12.6. The van der Waals surface area contributed by atoms with Gasteiger partial charge in [-0.1, -0.05) is 96.8 Å². The molecule has 33 heavy (non-hydrogen) atoms. The molecule has 5 atom stereocenters. The molecule has 6 N–H and O–H groups in total. The van der Waals surface area contributed by atoms with Crippen LogP contribution in [0.5, 0.6) is 0 Å². The summed E-state index contributed by atoms with van der Waals surface area (Å²) in [5, 5.41) is 56.6. The van der Waals surface area contributed by atoms with Crippen LogP contribution in [0.15, 0.2) is 0 Å². The van der Waals surface area contributed by atoms with E-state index < -0.39 is 43.3 Å². The van der Waals surface area contributed by atoms with Gasteiger partial charge in [0.15, 0.2) is 0 Å². The molecule has 0 bridgehead atoms. The lowest BCUT2D eigenvalue weighted by atomic mass is 10.0. The standard InChI is InChI=1S/C24H48O8.Mg.2H/c1-2-3-4-5-6-7-8-9-10-11-12-13-14-15-16-17-20(27)32-24(31)23(30)22(29)21(28)19(26)18-25;;;/h19,21-26,28-31H,2-18H2,1H3;;;/t19-,21-,22+,23+,24?;;;/m1.../s1. The fourth-order valence-electron chi connectivity index (χ4n) is 3.61. The molecule has 0 aliphatic rings. The van der Waals surface area contributed by atoms with Crippen LogP contribution >= 0.6 is 0 Å². The molecule has 196 valence electrons. The van der Waals surface area contributed by atoms with Crippen LogP contribution in [0.4, 0.5) is 0 Å². The van der Waals surface area contributed by atoms with Crippen molar-refractivity contribution in [1.29, 1.82) is 0 Å². The lowest BCUT2D eigenvalue weighted by molar-refractivity contribution is -0.213. The Morgan fingerprint density at radius 1 is 0.636 bits per heavy atom. The third-order valence-electron chi connectivity index (χ3n) is 5.81. The molecular weight excluding hydrogens is 441 g/mol. The van der Waals surface area contributed by atoms with Crippen molar-refractivity contribution in [2.45, 2.75) is 140 Å². The Balaban J connectivity index is 0. The van der Waals surface area contributed by atoms with E-state index in [0.717, 1.165) is 19.3 Å². The number of unbranched alkanes of at least 4 members (excludes halogenated alkanes) is 14. The summed E-state index contributed by atoms with van der Waals surface area (Å²) in [6.07, 6.45) is 8.65. The maximum atomic E-state index is 11.7. The largest absolute Gasteiger partial charge is 0.433 e. The second-order valence-electron chi connectivity index (χ2n) is 8.80. The van der Waals surface area contributed by atoms with Crippen molar-refractivity contribution >= 4 is 29.0 Å². The van der Waals surface area contributed by atoms with E-state index in [4.69, 9.17) is 5.11 Å². The van der Waals surface area contributed by atoms with E-state index in [-0.39, 0.29) is 29.5 Å². The van der Waals surface area contributed by atoms with Gasteiger partial charge in [0.2, 0.25) is 6.29 Å². The Kier molecular flexibility index (Phi) is 25.3. The Hall–Kier alpha value is -0.00377. The van der Waals surface area contributed by atoms with Gasteiger partial charge in [-0.2, -0.15) is 0 Å². The van der Waals surface area contributed by atoms with Gasteiger partial charge >= 0.3 is 29.0 Å². The number of hydrogen-bond donors (Lipinski definition) is 6. The summed E-state index contributed by atoms with van der Waals surface area (Å²) in [4.78, 5) is 11.7. The van der Waals surface area contributed by atoms with Gasteiger partial charge in [0.05, 0.1) is 6.61 Å². The highest BCUT2D eigenvalue weighted by Crippen LogP contribution is 2.15. The number of ether oxygens (including phenoxy) is 1. The van der Waals surface area contributed by atoms with Crippen molar-refractivity contribution in [2.24, 2.45) is 0 Å². The zero-order valence-electron chi connectivity index (χ0n) is 19.9. The lowest BCUT2D eigenvalue weighted by Crippen LogP contribution is -2.50. The molecule has 0 rings (SSSR count). The summed E-state index contributed by atoms with van der Waals surface area (Å²) < 4.78 is 4.67. The van der Waals surface area contributed by atoms with Crippen LogP contribution in [-0.4, -0.2) is 97.0 Å². The predicted molar refractivity (Wildman–Crippen MR) is 131 cm³/mol. The number of aliphatic hydroxyl groups excluding tert-OH is 6. The van der Waals surface area contributed by atoms with Gasteiger partial charge in [0.1, 0.15) is 24.4 Å². The molecule has 0 aromatic heterocycles. The SMILES string of the molecule is CCCCCCCCCCCCCCCCCC(=O)OC(O)[C@@H](O)[C@@H](O)[C@H](O)[C@H](O)CO.[MgH2]. The Morgan fingerprint density at radius 3 is 1.42 bits per heavy atom. The summed E-state index contributed by atoms with van der Waals surface area (Å²) in [6, 6.07) is 0. The average Bonchev–Trinajstić information content (AvgIpc) is 2.79. The highest BCUT2D eigenvalue weighted by molar-refractivity contribution is 5.75. The summed E-state index contributed by atoms with van der Waals surface area (Å²) in [5.74, 6) is -0.712. The van der Waals surface area contributed by atoms with Crippen LogP contribution in [0.1, 0.15) is 110 Å². The van der Waals surface area contributed by atoms with Gasteiger partial charge in [-0.3, -0.25) is 4.79 Å². The Morgan fingerprint density at radius 2 is 1.03 bits per heavy atom. The molecule has 0 aliphatic carbocycles. The quantitative estimate of drug-likeness (QED) is 0.0580. The monoisotopic (exact) mass is 490 g/mol. The first-order valence-electron chi connectivity index (χ1n) is 12.6. The van der Waals surface area contributed by atoms with Crippen molar-refractivity contribution in [2.75, 3.05) is 6.61 Å². The molecule has 0 aromatic carbocycles. The predicted octanol–water partition coefficient (Wildman–Crippen LogP) is 1.63. The summed E-state index contributed by atoms with van der Waals surface area (Å²) in [6.45, 7) is 1.41. The minimum absolute atomic E-state index is 0. The number of aliphatic hydroxyl groups is 6. The van der Waals surface area contributed by atoms with E-state index in [0.29, 0.717) is 6.42 Å². The normalized spacial score (nSPS) is 15.8. The number of carbonyl (C=O) groups excluding carboxylic acids is 1. The molecule has 0 aromatic rings. The third-order valence-corrected chi connectivity index (χ3v) is 5.81. The summed E-state index contributed by atoms with van der Waals surface area (Å²) in [7, 11) is 0. The van der Waals surface area contributed by atoms with Gasteiger partial charge in [-0.05, 0) is 6.42 Å². The van der Waals surface area contributed by atoms with E-state index in [1.807, 2.05) is 0 Å². The number of rotatable bonds is 22. The molecule has 1 unspecified atom stereocenters. The van der Waals surface area contributed by atoms with Crippen molar-refractivity contribution in [3.05, 3.63) is 0 Å². The fourth-order valence-corrected chi connectivity index (χ4v) is 3.61. The molecule has 0 amide bonds. The number of carbonyl (C=O) groups is 1. The summed E-state index contributed by atoms with van der Waals surface area (Å²) >= 11 is 0. The van der Waals surface area contributed by atoms with E-state index in [9.17, 15) is 30.3 Å². The van der Waals surface area contributed by atoms with Crippen LogP contribution < -0.4 is 0 Å². The first-order chi connectivity index (χ1) is 15.3. The number of hydrogen-bond acceptors (Lipinski definition) is 8. The average molecular weight is 491 g/mol. The van der Waals surface area contributed by atoms with Crippen LogP contribution in [0.3, 0.4) is 0 Å². The van der Waals surface area contributed by atoms with Gasteiger partial charge in [0.25, 0.3) is 0 Å². The Bertz CT molecular complexity index is 441. The van der Waals surface area contributed by atoms with Gasteiger partial charge in [0, 0.05) is 6.42 Å².